The Morgan fingerprint density at radius 1 is 1.62 bits per heavy atom. The van der Waals surface area contributed by atoms with Crippen LogP contribution in [0.15, 0.2) is 0 Å². The Morgan fingerprint density at radius 2 is 2.00 bits per heavy atom. The van der Waals surface area contributed by atoms with Crippen LogP contribution in [0.25, 0.3) is 0 Å². The SMILES string of the molecule is N#COS(=O)(=O)O.[Ca]. The molecule has 0 saturated heterocycles. The van der Waals surface area contributed by atoms with Gasteiger partial charge in [-0.3, -0.25) is 8.74 Å². The van der Waals surface area contributed by atoms with Crippen molar-refractivity contribution in [2.45, 2.75) is 0 Å². The molecule has 5 nitrogen and oxygen atoms in total. The van der Waals surface area contributed by atoms with Gasteiger partial charge in [0, 0.05) is 37.7 Å². The fraction of sp³-hybridized carbons (Fsp3) is 0. The average molecular weight is 163 g/mol. The summed E-state index contributed by atoms with van der Waals surface area (Å²) in [6.45, 7) is 0. The van der Waals surface area contributed by atoms with Crippen LogP contribution in [0.4, 0.5) is 0 Å². The summed E-state index contributed by atoms with van der Waals surface area (Å²) in [7, 11) is -4.54. The van der Waals surface area contributed by atoms with Crippen molar-refractivity contribution in [1.29, 1.82) is 5.26 Å². The zero-order chi connectivity index (χ0) is 5.91. The number of nitriles is 1. The number of hydrogen-bond acceptors (Lipinski definition) is 4. The van der Waals surface area contributed by atoms with Gasteiger partial charge in [0.15, 0.2) is 0 Å². The summed E-state index contributed by atoms with van der Waals surface area (Å²) in [5.74, 6) is 0. The summed E-state index contributed by atoms with van der Waals surface area (Å²) in [6.07, 6.45) is 0.770. The van der Waals surface area contributed by atoms with Gasteiger partial charge < -0.3 is 0 Å². The first-order valence-corrected chi connectivity index (χ1v) is 2.48. The van der Waals surface area contributed by atoms with Crippen molar-refractivity contribution in [3.63, 3.8) is 0 Å². The third-order valence-corrected chi connectivity index (χ3v) is 0.428. The molecule has 0 spiro atoms. The zero-order valence-corrected chi connectivity index (χ0v) is 6.76. The van der Waals surface area contributed by atoms with Gasteiger partial charge in [0.25, 0.3) is 0 Å². The van der Waals surface area contributed by atoms with Gasteiger partial charge in [0.05, 0.1) is 0 Å². The number of nitrogens with zero attached hydrogens (tertiary/aromatic N) is 1. The van der Waals surface area contributed by atoms with Crippen molar-refractivity contribution in [3.05, 3.63) is 0 Å². The smallest absolute Gasteiger partial charge is 0.281 e. The maximum atomic E-state index is 9.34. The third-order valence-electron chi connectivity index (χ3n) is 0.143. The predicted octanol–water partition coefficient (Wildman–Crippen LogP) is -1.09. The van der Waals surface area contributed by atoms with Crippen LogP contribution in [0, 0.1) is 11.5 Å². The van der Waals surface area contributed by atoms with E-state index in [0.717, 1.165) is 6.26 Å². The van der Waals surface area contributed by atoms with Gasteiger partial charge in [-0.15, -0.1) is 5.26 Å². The molecule has 0 saturated carbocycles. The molecule has 0 aromatic carbocycles. The molecule has 0 bridgehead atoms. The molecule has 2 radical (unpaired) electrons. The minimum absolute atomic E-state index is 0. The van der Waals surface area contributed by atoms with Crippen molar-refractivity contribution in [2.75, 3.05) is 0 Å². The molecule has 0 aliphatic heterocycles. The van der Waals surface area contributed by atoms with E-state index < -0.39 is 10.4 Å². The maximum absolute atomic E-state index is 9.34. The standard InChI is InChI=1S/CHNO4S.Ca/c2-1-6-7(3,4)5;/h(H,3,4,5);. The van der Waals surface area contributed by atoms with Crippen molar-refractivity contribution in [3.8, 4) is 6.26 Å². The first-order chi connectivity index (χ1) is 3.06. The van der Waals surface area contributed by atoms with E-state index >= 15 is 0 Å². The van der Waals surface area contributed by atoms with E-state index in [1.165, 1.54) is 0 Å². The Bertz CT molecular complexity index is 177. The summed E-state index contributed by atoms with van der Waals surface area (Å²) in [6, 6.07) is 0. The molecule has 8 heavy (non-hydrogen) atoms. The molecule has 7 heteroatoms. The summed E-state index contributed by atoms with van der Waals surface area (Å²) >= 11 is 0. The molecule has 0 fully saturated rings. The molecule has 0 heterocycles. The van der Waals surface area contributed by atoms with Crippen molar-refractivity contribution in [2.24, 2.45) is 0 Å². The van der Waals surface area contributed by atoms with Gasteiger partial charge in [-0.2, -0.15) is 8.42 Å². The van der Waals surface area contributed by atoms with Gasteiger partial charge in [0.2, 0.25) is 0 Å². The number of hydrogen-bond donors (Lipinski definition) is 1. The van der Waals surface area contributed by atoms with E-state index in [0.29, 0.717) is 0 Å². The van der Waals surface area contributed by atoms with Gasteiger partial charge in [-0.1, -0.05) is 0 Å². The fourth-order valence-corrected chi connectivity index (χ4v) is 0.141. The third kappa shape index (κ3) is 9.68. The second-order valence-corrected chi connectivity index (χ2v) is 1.62. The molecular formula is CHCaNO4S. The van der Waals surface area contributed by atoms with Crippen LogP contribution in [0.3, 0.4) is 0 Å². The fourth-order valence-electron chi connectivity index (χ4n) is 0.0471. The van der Waals surface area contributed by atoms with Crippen LogP contribution in [0.5, 0.6) is 0 Å². The van der Waals surface area contributed by atoms with Crippen molar-refractivity contribution >= 4 is 48.1 Å². The van der Waals surface area contributed by atoms with Crippen LogP contribution in [-0.2, 0) is 14.6 Å². The Kier molecular flexibility index (Phi) is 6.13. The van der Waals surface area contributed by atoms with E-state index in [1.807, 2.05) is 0 Å². The molecule has 0 unspecified atom stereocenters. The molecular weight excluding hydrogens is 162 g/mol. The average Bonchev–Trinajstić information content (AvgIpc) is 1.30. The molecule has 1 N–H and O–H groups in total. The van der Waals surface area contributed by atoms with E-state index in [2.05, 4.69) is 4.18 Å². The van der Waals surface area contributed by atoms with E-state index in [9.17, 15) is 8.42 Å². The second kappa shape index (κ2) is 4.35. The Labute approximate surface area is 76.2 Å². The maximum Gasteiger partial charge on any atom is 0.456 e. The van der Waals surface area contributed by atoms with Gasteiger partial charge in [-0.05, 0) is 0 Å². The summed E-state index contributed by atoms with van der Waals surface area (Å²) in [5.41, 5.74) is 0. The Morgan fingerprint density at radius 3 is 2.00 bits per heavy atom. The van der Waals surface area contributed by atoms with Crippen LogP contribution in [0.2, 0.25) is 0 Å². The van der Waals surface area contributed by atoms with Crippen molar-refractivity contribution in [1.82, 2.24) is 0 Å². The molecule has 0 atom stereocenters. The quantitative estimate of drug-likeness (QED) is 0.301. The monoisotopic (exact) mass is 163 g/mol. The normalized spacial score (nSPS) is 8.50. The van der Waals surface area contributed by atoms with Gasteiger partial charge in [0.1, 0.15) is 0 Å². The molecule has 0 rings (SSSR count). The first-order valence-electron chi connectivity index (χ1n) is 1.11. The Hall–Kier alpha value is 0.460. The summed E-state index contributed by atoms with van der Waals surface area (Å²) in [4.78, 5) is 0. The minimum atomic E-state index is -4.54. The van der Waals surface area contributed by atoms with E-state index in [1.54, 1.807) is 0 Å². The van der Waals surface area contributed by atoms with Gasteiger partial charge >= 0.3 is 16.7 Å². The van der Waals surface area contributed by atoms with Crippen LogP contribution in [0.1, 0.15) is 0 Å². The van der Waals surface area contributed by atoms with E-state index in [4.69, 9.17) is 9.81 Å². The summed E-state index contributed by atoms with van der Waals surface area (Å²) in [5, 5.41) is 7.39. The molecule has 0 aliphatic carbocycles. The molecule has 0 aromatic rings. The first kappa shape index (κ1) is 11.3. The van der Waals surface area contributed by atoms with Crippen molar-refractivity contribution < 1.29 is 17.2 Å². The zero-order valence-electron chi connectivity index (χ0n) is 3.73. The Balaban J connectivity index is 0. The van der Waals surface area contributed by atoms with E-state index in [-0.39, 0.29) is 37.7 Å². The topological polar surface area (TPSA) is 87.4 Å². The molecule has 42 valence electrons. The molecule has 0 aromatic heterocycles. The minimum Gasteiger partial charge on any atom is -0.281 e. The number of rotatable bonds is 1. The second-order valence-electron chi connectivity index (χ2n) is 0.602. The predicted molar refractivity (Wildman–Crippen MR) is 24.0 cm³/mol. The molecule has 0 amide bonds. The van der Waals surface area contributed by atoms with Crippen LogP contribution in [-0.4, -0.2) is 50.7 Å². The van der Waals surface area contributed by atoms with Gasteiger partial charge in [-0.25, -0.2) is 0 Å². The van der Waals surface area contributed by atoms with Crippen LogP contribution >= 0.6 is 0 Å². The molecule has 0 aliphatic rings. The van der Waals surface area contributed by atoms with Crippen LogP contribution < -0.4 is 0 Å². The summed E-state index contributed by atoms with van der Waals surface area (Å²) < 4.78 is 29.3. The largest absolute Gasteiger partial charge is 0.456 e.